The van der Waals surface area contributed by atoms with Crippen LogP contribution in [-0.2, 0) is 16.0 Å². The number of nitrogens with zero attached hydrogens (tertiary/aromatic N) is 1. The van der Waals surface area contributed by atoms with Gasteiger partial charge in [-0.3, -0.25) is 14.4 Å². The molecule has 3 aromatic carbocycles. The lowest BCUT2D eigenvalue weighted by Gasteiger charge is -2.18. The Morgan fingerprint density at radius 2 is 1.71 bits per heavy atom. The van der Waals surface area contributed by atoms with E-state index < -0.39 is 11.8 Å². The first-order valence-corrected chi connectivity index (χ1v) is 11.5. The first-order valence-electron chi connectivity index (χ1n) is 10.7. The molecule has 0 saturated carbocycles. The summed E-state index contributed by atoms with van der Waals surface area (Å²) in [5.41, 5.74) is 2.01. The number of hydrogen-bond donors (Lipinski definition) is 2. The molecule has 0 spiro atoms. The molecule has 178 valence electrons. The molecule has 9 heteroatoms. The predicted octanol–water partition coefficient (Wildman–Crippen LogP) is 4.76. The van der Waals surface area contributed by atoms with E-state index in [4.69, 9.17) is 27.9 Å². The maximum absolute atomic E-state index is 13.1. The monoisotopic (exact) mass is 509 g/mol. The molecule has 0 aromatic heterocycles. The van der Waals surface area contributed by atoms with Gasteiger partial charge in [0.2, 0.25) is 0 Å². The molecule has 2 N–H and O–H groups in total. The highest BCUT2D eigenvalue weighted by Crippen LogP contribution is 2.37. The predicted molar refractivity (Wildman–Crippen MR) is 136 cm³/mol. The molecule has 0 unspecified atom stereocenters. The van der Waals surface area contributed by atoms with Crippen molar-refractivity contribution in [2.24, 2.45) is 0 Å². The van der Waals surface area contributed by atoms with E-state index in [2.05, 4.69) is 10.6 Å². The van der Waals surface area contributed by atoms with Gasteiger partial charge < -0.3 is 15.4 Å². The Hall–Kier alpha value is -3.81. The average Bonchev–Trinajstić information content (AvgIpc) is 3.07. The van der Waals surface area contributed by atoms with Gasteiger partial charge in [0.05, 0.1) is 12.8 Å². The van der Waals surface area contributed by atoms with Crippen LogP contribution in [-0.4, -0.2) is 31.4 Å². The number of carbonyl (C=O) groups excluding carboxylic acids is 3. The second-order valence-corrected chi connectivity index (χ2v) is 8.46. The van der Waals surface area contributed by atoms with Gasteiger partial charge in [-0.2, -0.15) is 0 Å². The molecule has 0 atom stereocenters. The van der Waals surface area contributed by atoms with E-state index in [-0.39, 0.29) is 28.1 Å². The number of benzene rings is 3. The molecule has 35 heavy (non-hydrogen) atoms. The minimum atomic E-state index is -0.713. The Kier molecular flexibility index (Phi) is 7.39. The summed E-state index contributed by atoms with van der Waals surface area (Å²) in [6.45, 7) is 0.473. The van der Waals surface area contributed by atoms with Gasteiger partial charge in [0, 0.05) is 22.8 Å². The van der Waals surface area contributed by atoms with Crippen molar-refractivity contribution >= 4 is 52.3 Å². The maximum Gasteiger partial charge on any atom is 0.283 e. The van der Waals surface area contributed by atoms with Gasteiger partial charge in [-0.1, -0.05) is 59.6 Å². The molecule has 1 heterocycles. The fourth-order valence-electron chi connectivity index (χ4n) is 3.62. The molecule has 4 rings (SSSR count). The van der Waals surface area contributed by atoms with Crippen LogP contribution in [0.5, 0.6) is 5.75 Å². The number of amides is 3. The lowest BCUT2D eigenvalue weighted by atomic mass is 10.1. The third-order valence-electron chi connectivity index (χ3n) is 5.35. The largest absolute Gasteiger partial charge is 0.495 e. The standard InChI is InChI=1S/C26H21Cl2N3O4/c1-35-21-11-10-18(27)15-20(21)31-25(33)22(28)23(26(31)34)30-19-9-5-8-17(14-19)24(32)29-13-12-16-6-3-2-4-7-16/h2-11,14-15,30H,12-13H2,1H3,(H,29,32). The van der Waals surface area contributed by atoms with Gasteiger partial charge in [-0.05, 0) is 48.4 Å². The number of hydrogen-bond acceptors (Lipinski definition) is 5. The Labute approximate surface area is 212 Å². The fourth-order valence-corrected chi connectivity index (χ4v) is 4.00. The Bertz CT molecular complexity index is 1330. The van der Waals surface area contributed by atoms with Gasteiger partial charge in [-0.25, -0.2) is 4.90 Å². The lowest BCUT2D eigenvalue weighted by molar-refractivity contribution is -0.120. The lowest BCUT2D eigenvalue weighted by Crippen LogP contribution is -2.32. The minimum absolute atomic E-state index is 0.111. The van der Waals surface area contributed by atoms with Gasteiger partial charge >= 0.3 is 0 Å². The van der Waals surface area contributed by atoms with E-state index in [0.717, 1.165) is 10.5 Å². The number of carbonyl (C=O) groups is 3. The first kappa shape index (κ1) is 24.3. The highest BCUT2D eigenvalue weighted by molar-refractivity contribution is 6.53. The van der Waals surface area contributed by atoms with Crippen molar-refractivity contribution in [1.82, 2.24) is 5.32 Å². The SMILES string of the molecule is COc1ccc(Cl)cc1N1C(=O)C(Cl)=C(Nc2cccc(C(=O)NCCc3ccccc3)c2)C1=O. The van der Waals surface area contributed by atoms with Crippen LogP contribution in [0.4, 0.5) is 11.4 Å². The smallest absolute Gasteiger partial charge is 0.283 e. The summed E-state index contributed by atoms with van der Waals surface area (Å²) in [5, 5.41) is 5.80. The van der Waals surface area contributed by atoms with Crippen LogP contribution >= 0.6 is 23.2 Å². The molecule has 1 aliphatic heterocycles. The van der Waals surface area contributed by atoms with Crippen LogP contribution in [0.15, 0.2) is 83.5 Å². The Balaban J connectivity index is 1.48. The van der Waals surface area contributed by atoms with Crippen molar-refractivity contribution in [1.29, 1.82) is 0 Å². The summed E-state index contributed by atoms with van der Waals surface area (Å²) in [5.74, 6) is -1.35. The number of ether oxygens (including phenoxy) is 1. The summed E-state index contributed by atoms with van der Waals surface area (Å²) in [6.07, 6.45) is 0.701. The topological polar surface area (TPSA) is 87.7 Å². The van der Waals surface area contributed by atoms with Gasteiger partial charge in [-0.15, -0.1) is 0 Å². The summed E-state index contributed by atoms with van der Waals surface area (Å²) in [4.78, 5) is 39.5. The molecule has 0 radical (unpaired) electrons. The molecule has 3 aromatic rings. The number of rotatable bonds is 8. The first-order chi connectivity index (χ1) is 16.9. The second kappa shape index (κ2) is 10.6. The quantitative estimate of drug-likeness (QED) is 0.427. The van der Waals surface area contributed by atoms with Crippen molar-refractivity contribution in [3.63, 3.8) is 0 Å². The van der Waals surface area contributed by atoms with Crippen LogP contribution in [0, 0.1) is 0 Å². The normalized spacial score (nSPS) is 13.3. The van der Waals surface area contributed by atoms with Crippen LogP contribution in [0.25, 0.3) is 0 Å². The number of anilines is 2. The average molecular weight is 510 g/mol. The van der Waals surface area contributed by atoms with Gasteiger partial charge in [0.15, 0.2) is 0 Å². The summed E-state index contributed by atoms with van der Waals surface area (Å²) in [6, 6.07) is 21.0. The van der Waals surface area contributed by atoms with Crippen molar-refractivity contribution in [3.05, 3.63) is 99.7 Å². The molecular formula is C26H21Cl2N3O4. The highest BCUT2D eigenvalue weighted by Gasteiger charge is 2.40. The molecule has 3 amide bonds. The molecule has 0 saturated heterocycles. The minimum Gasteiger partial charge on any atom is -0.495 e. The van der Waals surface area contributed by atoms with E-state index in [9.17, 15) is 14.4 Å². The van der Waals surface area contributed by atoms with E-state index in [1.165, 1.54) is 13.2 Å². The number of nitrogens with one attached hydrogen (secondary N) is 2. The maximum atomic E-state index is 13.1. The molecule has 0 bridgehead atoms. The third-order valence-corrected chi connectivity index (χ3v) is 5.93. The van der Waals surface area contributed by atoms with Crippen molar-refractivity contribution in [2.75, 3.05) is 23.9 Å². The van der Waals surface area contributed by atoms with Crippen molar-refractivity contribution in [2.45, 2.75) is 6.42 Å². The second-order valence-electron chi connectivity index (χ2n) is 7.65. The van der Waals surface area contributed by atoms with Crippen LogP contribution < -0.4 is 20.3 Å². The highest BCUT2D eigenvalue weighted by atomic mass is 35.5. The zero-order valence-corrected chi connectivity index (χ0v) is 20.2. The number of imide groups is 1. The molecule has 1 aliphatic rings. The van der Waals surface area contributed by atoms with Gasteiger partial charge in [0.1, 0.15) is 16.5 Å². The van der Waals surface area contributed by atoms with Crippen LogP contribution in [0.1, 0.15) is 15.9 Å². The Morgan fingerprint density at radius 3 is 2.46 bits per heavy atom. The number of methoxy groups -OCH3 is 1. The summed E-state index contributed by atoms with van der Waals surface area (Å²) < 4.78 is 5.27. The molecule has 0 aliphatic carbocycles. The van der Waals surface area contributed by atoms with Crippen molar-refractivity contribution in [3.8, 4) is 5.75 Å². The Morgan fingerprint density at radius 1 is 0.943 bits per heavy atom. The molecule has 7 nitrogen and oxygen atoms in total. The van der Waals surface area contributed by atoms with Crippen molar-refractivity contribution < 1.29 is 19.1 Å². The van der Waals surface area contributed by atoms with E-state index in [1.807, 2.05) is 30.3 Å². The van der Waals surface area contributed by atoms with Gasteiger partial charge in [0.25, 0.3) is 17.7 Å². The van der Waals surface area contributed by atoms with E-state index in [1.54, 1.807) is 36.4 Å². The van der Waals surface area contributed by atoms with Crippen LogP contribution in [0.2, 0.25) is 5.02 Å². The molecule has 0 fully saturated rings. The zero-order valence-electron chi connectivity index (χ0n) is 18.7. The van der Waals surface area contributed by atoms with E-state index >= 15 is 0 Å². The van der Waals surface area contributed by atoms with E-state index in [0.29, 0.717) is 29.2 Å². The third kappa shape index (κ3) is 5.31. The molecular weight excluding hydrogens is 489 g/mol. The van der Waals surface area contributed by atoms with Crippen LogP contribution in [0.3, 0.4) is 0 Å². The summed E-state index contributed by atoms with van der Waals surface area (Å²) in [7, 11) is 1.42. The zero-order chi connectivity index (χ0) is 24.9. The summed E-state index contributed by atoms with van der Waals surface area (Å²) >= 11 is 12.3. The fraction of sp³-hybridized carbons (Fsp3) is 0.115. The number of halogens is 2.